The summed E-state index contributed by atoms with van der Waals surface area (Å²) in [5.74, 6) is -2.79. The fourth-order valence-electron chi connectivity index (χ4n) is 2.26. The molecule has 0 saturated heterocycles. The number of aliphatic carboxylic acids is 1. The summed E-state index contributed by atoms with van der Waals surface area (Å²) in [6.45, 7) is 1.34. The van der Waals surface area contributed by atoms with Crippen LogP contribution >= 0.6 is 0 Å². The molecule has 0 radical (unpaired) electrons. The van der Waals surface area contributed by atoms with E-state index in [2.05, 4.69) is 5.32 Å². The quantitative estimate of drug-likeness (QED) is 0.682. The predicted octanol–water partition coefficient (Wildman–Crippen LogP) is 3.01. The molecule has 0 bridgehead atoms. The molecular formula is C19H21NO4. The fourth-order valence-corrected chi connectivity index (χ4v) is 2.26. The lowest BCUT2D eigenvalue weighted by atomic mass is 10.0. The van der Waals surface area contributed by atoms with Crippen LogP contribution in [-0.2, 0) is 16.0 Å². The summed E-state index contributed by atoms with van der Waals surface area (Å²) in [7, 11) is 0. The third-order valence-electron chi connectivity index (χ3n) is 3.88. The normalized spacial score (nSPS) is 13.1. The largest absolute Gasteiger partial charge is 0.481 e. The maximum atomic E-state index is 11.7. The molecule has 5 nitrogen and oxygen atoms in total. The van der Waals surface area contributed by atoms with Gasteiger partial charge in [0, 0.05) is 5.69 Å². The molecule has 5 heteroatoms. The molecule has 0 aliphatic rings. The van der Waals surface area contributed by atoms with E-state index in [1.54, 1.807) is 12.1 Å². The van der Waals surface area contributed by atoms with Gasteiger partial charge in [-0.3, -0.25) is 9.59 Å². The van der Waals surface area contributed by atoms with Crippen LogP contribution in [0.5, 0.6) is 0 Å². The number of hydrogen-bond donors (Lipinski definition) is 3. The molecule has 0 aliphatic carbocycles. The molecule has 2 atom stereocenters. The van der Waals surface area contributed by atoms with Crippen LogP contribution in [0.25, 0.3) is 0 Å². The lowest BCUT2D eigenvalue weighted by Gasteiger charge is -2.12. The molecule has 0 heterocycles. The van der Waals surface area contributed by atoms with E-state index in [-0.39, 0.29) is 0 Å². The molecule has 3 N–H and O–H groups in total. The Morgan fingerprint density at radius 3 is 2.25 bits per heavy atom. The average molecular weight is 327 g/mol. The third kappa shape index (κ3) is 4.93. The van der Waals surface area contributed by atoms with Crippen LogP contribution in [0, 0.1) is 5.92 Å². The number of nitrogens with one attached hydrogen (secondary N) is 1. The van der Waals surface area contributed by atoms with Gasteiger partial charge in [0.15, 0.2) is 0 Å². The molecule has 24 heavy (non-hydrogen) atoms. The Bertz CT molecular complexity index is 682. The van der Waals surface area contributed by atoms with Crippen molar-refractivity contribution in [3.63, 3.8) is 0 Å². The second-order valence-electron chi connectivity index (χ2n) is 5.71. The number of rotatable bonds is 7. The van der Waals surface area contributed by atoms with Crippen molar-refractivity contribution in [3.8, 4) is 0 Å². The molecule has 1 amide bonds. The predicted molar refractivity (Wildman–Crippen MR) is 91.6 cm³/mol. The van der Waals surface area contributed by atoms with Gasteiger partial charge in [-0.15, -0.1) is 0 Å². The number of amides is 1. The van der Waals surface area contributed by atoms with E-state index in [9.17, 15) is 14.7 Å². The smallest absolute Gasteiger partial charge is 0.315 e. The summed E-state index contributed by atoms with van der Waals surface area (Å²) in [5, 5.41) is 21.5. The molecule has 2 rings (SSSR count). The minimum atomic E-state index is -1.15. The first-order chi connectivity index (χ1) is 11.5. The third-order valence-corrected chi connectivity index (χ3v) is 3.88. The highest BCUT2D eigenvalue weighted by Crippen LogP contribution is 2.19. The van der Waals surface area contributed by atoms with Gasteiger partial charge >= 0.3 is 5.97 Å². The Kier molecular flexibility index (Phi) is 6.09. The molecule has 0 aromatic heterocycles. The van der Waals surface area contributed by atoms with Crippen molar-refractivity contribution in [2.75, 3.05) is 5.32 Å². The number of carbonyl (C=O) groups is 2. The van der Waals surface area contributed by atoms with Gasteiger partial charge in [0.2, 0.25) is 5.91 Å². The lowest BCUT2D eigenvalue weighted by molar-refractivity contribution is -0.144. The first kappa shape index (κ1) is 17.7. The van der Waals surface area contributed by atoms with Gasteiger partial charge in [0.05, 0.1) is 6.10 Å². The maximum Gasteiger partial charge on any atom is 0.315 e. The Morgan fingerprint density at radius 2 is 1.67 bits per heavy atom. The second-order valence-corrected chi connectivity index (χ2v) is 5.71. The first-order valence-corrected chi connectivity index (χ1v) is 7.83. The topological polar surface area (TPSA) is 86.6 Å². The summed E-state index contributed by atoms with van der Waals surface area (Å²) < 4.78 is 0. The summed E-state index contributed by atoms with van der Waals surface area (Å²) in [6.07, 6.45) is 0.795. The summed E-state index contributed by atoms with van der Waals surface area (Å²) in [6, 6.07) is 16.7. The van der Waals surface area contributed by atoms with Crippen molar-refractivity contribution in [1.29, 1.82) is 0 Å². The van der Waals surface area contributed by atoms with Crippen molar-refractivity contribution >= 4 is 17.6 Å². The number of carboxylic acids is 1. The minimum Gasteiger partial charge on any atom is -0.481 e. The number of carbonyl (C=O) groups excluding carboxylic acids is 1. The molecular weight excluding hydrogens is 306 g/mol. The van der Waals surface area contributed by atoms with Crippen molar-refractivity contribution in [3.05, 3.63) is 65.7 Å². The van der Waals surface area contributed by atoms with E-state index in [1.165, 1.54) is 6.92 Å². The SMILES string of the molecule is CC(C(=O)O)C(=O)Nc1ccc(CCC(O)c2ccccc2)cc1. The molecule has 0 saturated carbocycles. The Hall–Kier alpha value is -2.66. The van der Waals surface area contributed by atoms with E-state index in [4.69, 9.17) is 5.11 Å². The van der Waals surface area contributed by atoms with Crippen molar-refractivity contribution < 1.29 is 19.8 Å². The van der Waals surface area contributed by atoms with E-state index in [1.807, 2.05) is 42.5 Å². The highest BCUT2D eigenvalue weighted by atomic mass is 16.4. The van der Waals surface area contributed by atoms with E-state index < -0.39 is 23.9 Å². The molecule has 0 spiro atoms. The van der Waals surface area contributed by atoms with Crippen molar-refractivity contribution in [2.24, 2.45) is 5.92 Å². The molecule has 126 valence electrons. The summed E-state index contributed by atoms with van der Waals surface area (Å²) in [5.41, 5.74) is 2.48. The molecule has 0 aliphatic heterocycles. The molecule has 2 aromatic rings. The van der Waals surface area contributed by atoms with E-state index in [0.29, 0.717) is 18.5 Å². The van der Waals surface area contributed by atoms with Gasteiger partial charge in [-0.25, -0.2) is 0 Å². The Labute approximate surface area is 141 Å². The van der Waals surface area contributed by atoms with Crippen LogP contribution in [0.3, 0.4) is 0 Å². The monoisotopic (exact) mass is 327 g/mol. The number of carboxylic acid groups (broad SMARTS) is 1. The van der Waals surface area contributed by atoms with Gasteiger partial charge in [-0.2, -0.15) is 0 Å². The van der Waals surface area contributed by atoms with E-state index >= 15 is 0 Å². The van der Waals surface area contributed by atoms with Gasteiger partial charge < -0.3 is 15.5 Å². The number of hydrogen-bond acceptors (Lipinski definition) is 3. The summed E-state index contributed by atoms with van der Waals surface area (Å²) in [4.78, 5) is 22.5. The lowest BCUT2D eigenvalue weighted by Crippen LogP contribution is -2.26. The number of aryl methyl sites for hydroxylation is 1. The highest BCUT2D eigenvalue weighted by molar-refractivity contribution is 6.03. The zero-order valence-corrected chi connectivity index (χ0v) is 13.5. The Balaban J connectivity index is 1.88. The molecule has 0 fully saturated rings. The minimum absolute atomic E-state index is 0.512. The van der Waals surface area contributed by atoms with Crippen molar-refractivity contribution in [1.82, 2.24) is 0 Å². The first-order valence-electron chi connectivity index (χ1n) is 7.83. The second kappa shape index (κ2) is 8.26. The fraction of sp³-hybridized carbons (Fsp3) is 0.263. The van der Waals surface area contributed by atoms with Gasteiger partial charge in [-0.05, 0) is 43.0 Å². The summed E-state index contributed by atoms with van der Waals surface area (Å²) >= 11 is 0. The van der Waals surface area contributed by atoms with Gasteiger partial charge in [0.25, 0.3) is 0 Å². The zero-order chi connectivity index (χ0) is 17.5. The number of benzene rings is 2. The Morgan fingerprint density at radius 1 is 1.04 bits per heavy atom. The number of anilines is 1. The van der Waals surface area contributed by atoms with Crippen LogP contribution in [0.1, 0.15) is 30.6 Å². The standard InChI is InChI=1S/C19H21NO4/c1-13(19(23)24)18(22)20-16-10-7-14(8-11-16)9-12-17(21)15-5-3-2-4-6-15/h2-8,10-11,13,17,21H,9,12H2,1H3,(H,20,22)(H,23,24). The van der Waals surface area contributed by atoms with Crippen LogP contribution in [0.2, 0.25) is 0 Å². The van der Waals surface area contributed by atoms with Crippen LogP contribution in [0.15, 0.2) is 54.6 Å². The van der Waals surface area contributed by atoms with Crippen molar-refractivity contribution in [2.45, 2.75) is 25.9 Å². The number of aliphatic hydroxyl groups excluding tert-OH is 1. The van der Waals surface area contributed by atoms with Crippen LogP contribution in [-0.4, -0.2) is 22.1 Å². The highest BCUT2D eigenvalue weighted by Gasteiger charge is 2.20. The van der Waals surface area contributed by atoms with Crippen LogP contribution in [0.4, 0.5) is 5.69 Å². The number of aliphatic hydroxyl groups is 1. The van der Waals surface area contributed by atoms with Gasteiger partial charge in [0.1, 0.15) is 5.92 Å². The van der Waals surface area contributed by atoms with Crippen LogP contribution < -0.4 is 5.32 Å². The van der Waals surface area contributed by atoms with E-state index in [0.717, 1.165) is 11.1 Å². The zero-order valence-electron chi connectivity index (χ0n) is 13.5. The maximum absolute atomic E-state index is 11.7. The molecule has 2 unspecified atom stereocenters. The molecule has 2 aromatic carbocycles. The average Bonchev–Trinajstić information content (AvgIpc) is 2.60. The van der Waals surface area contributed by atoms with Gasteiger partial charge in [-0.1, -0.05) is 42.5 Å².